The molecule has 1 unspecified atom stereocenters. The maximum atomic E-state index is 14.7. The van der Waals surface area contributed by atoms with E-state index in [0.717, 1.165) is 19.2 Å². The van der Waals surface area contributed by atoms with E-state index in [9.17, 15) is 43.1 Å². The van der Waals surface area contributed by atoms with E-state index < -0.39 is 114 Å². The Labute approximate surface area is 280 Å². The topological polar surface area (TPSA) is 262 Å². The smallest absolute Gasteiger partial charge is 0.442 e. The number of carbonyl (C=O) groups is 3. The minimum Gasteiger partial charge on any atom is -0.442 e. The number of nitrogens with two attached hydrogens (primary N) is 1. The summed E-state index contributed by atoms with van der Waals surface area (Å²) in [5, 5.41) is 20.6. The van der Waals surface area contributed by atoms with E-state index in [1.54, 1.807) is 13.8 Å². The molecule has 0 aliphatic rings. The van der Waals surface area contributed by atoms with Crippen LogP contribution in [0.25, 0.3) is 0 Å². The summed E-state index contributed by atoms with van der Waals surface area (Å²) >= 11 is 0. The fourth-order valence-corrected chi connectivity index (χ4v) is 4.25. The summed E-state index contributed by atoms with van der Waals surface area (Å²) in [7, 11) is -4.99. The third-order valence-electron chi connectivity index (χ3n) is 6.15. The first kappa shape index (κ1) is 43.6. The number of phosphoric acid groups is 1. The lowest BCUT2D eigenvalue weighted by Crippen LogP contribution is -2.53. The predicted octanol–water partition coefficient (Wildman–Crippen LogP) is 1.29. The van der Waals surface area contributed by atoms with Gasteiger partial charge in [0.1, 0.15) is 18.3 Å². The Morgan fingerprint density at radius 2 is 1.47 bits per heavy atom. The molecule has 282 valence electrons. The lowest BCUT2D eigenvalue weighted by molar-refractivity contribution is -0.208. The van der Waals surface area contributed by atoms with Crippen LogP contribution in [-0.2, 0) is 58.1 Å². The van der Waals surface area contributed by atoms with Crippen LogP contribution in [-0.4, -0.2) is 101 Å². The van der Waals surface area contributed by atoms with Crippen LogP contribution in [0.3, 0.4) is 0 Å². The second kappa shape index (κ2) is 20.3. The van der Waals surface area contributed by atoms with Gasteiger partial charge in [0.2, 0.25) is 13.6 Å². The zero-order valence-electron chi connectivity index (χ0n) is 28.2. The number of hydrogen-bond acceptors (Lipinski definition) is 18. The third-order valence-corrected chi connectivity index (χ3v) is 7.44. The molecule has 4 atom stereocenters. The number of aromatic nitrogens is 2. The highest BCUT2D eigenvalue weighted by atomic mass is 31.2. The van der Waals surface area contributed by atoms with Crippen LogP contribution in [0.5, 0.6) is 0 Å². The van der Waals surface area contributed by atoms with Crippen LogP contribution in [0, 0.1) is 5.92 Å². The van der Waals surface area contributed by atoms with Gasteiger partial charge in [0.05, 0.1) is 31.5 Å². The van der Waals surface area contributed by atoms with E-state index in [1.807, 2.05) is 0 Å². The van der Waals surface area contributed by atoms with Gasteiger partial charge in [0.25, 0.3) is 5.56 Å². The molecule has 0 aliphatic heterocycles. The lowest BCUT2D eigenvalue weighted by atomic mass is 10.0. The van der Waals surface area contributed by atoms with Gasteiger partial charge >= 0.3 is 31.8 Å². The highest BCUT2D eigenvalue weighted by molar-refractivity contribution is 7.48. The van der Waals surface area contributed by atoms with E-state index in [-0.39, 0.29) is 5.92 Å². The van der Waals surface area contributed by atoms with Gasteiger partial charge in [-0.1, -0.05) is 13.8 Å². The Balaban J connectivity index is 3.30. The average molecular weight is 734 g/mol. The van der Waals surface area contributed by atoms with Crippen molar-refractivity contribution < 1.29 is 75.5 Å². The molecule has 1 heterocycles. The molecule has 0 amide bonds. The van der Waals surface area contributed by atoms with Gasteiger partial charge < -0.3 is 44.4 Å². The maximum Gasteiger partial charge on any atom is 0.510 e. The summed E-state index contributed by atoms with van der Waals surface area (Å²) in [6, 6.07) is -0.208. The van der Waals surface area contributed by atoms with E-state index in [0.29, 0.717) is 9.13 Å². The van der Waals surface area contributed by atoms with Crippen molar-refractivity contribution in [2.75, 3.05) is 33.5 Å². The first-order chi connectivity index (χ1) is 22.8. The molecule has 20 nitrogen and oxygen atoms in total. The molecular weight excluding hydrogens is 688 g/mol. The number of phosphoric ester groups is 1. The fourth-order valence-electron chi connectivity index (χ4n) is 3.28. The monoisotopic (exact) mass is 733 g/mol. The summed E-state index contributed by atoms with van der Waals surface area (Å²) in [6.07, 6.45) is -6.46. The molecule has 1 rings (SSSR count). The minimum absolute atomic E-state index is 0.325. The lowest BCUT2D eigenvalue weighted by Gasteiger charge is -2.37. The number of aliphatic hydroxyl groups is 2. The van der Waals surface area contributed by atoms with Gasteiger partial charge in [0.15, 0.2) is 13.0 Å². The summed E-state index contributed by atoms with van der Waals surface area (Å²) in [4.78, 5) is 61.2. The highest BCUT2D eigenvalue weighted by Gasteiger charge is 2.44. The predicted molar refractivity (Wildman–Crippen MR) is 162 cm³/mol. The number of carbonyl (C=O) groups excluding carboxylic acids is 3. The molecule has 49 heavy (non-hydrogen) atoms. The fraction of sp³-hybridized carbons (Fsp3) is 0.741. The van der Waals surface area contributed by atoms with E-state index in [4.69, 9.17) is 38.3 Å². The van der Waals surface area contributed by atoms with Gasteiger partial charge in [-0.15, -0.1) is 0 Å². The largest absolute Gasteiger partial charge is 0.510 e. The molecule has 0 aliphatic carbocycles. The maximum absolute atomic E-state index is 14.7. The van der Waals surface area contributed by atoms with Crippen molar-refractivity contribution in [1.82, 2.24) is 9.13 Å². The van der Waals surface area contributed by atoms with Crippen molar-refractivity contribution in [2.45, 2.75) is 91.4 Å². The van der Waals surface area contributed by atoms with Gasteiger partial charge in [-0.2, -0.15) is 0 Å². The van der Waals surface area contributed by atoms with Gasteiger partial charge in [0, 0.05) is 12.3 Å². The zero-order valence-corrected chi connectivity index (χ0v) is 29.1. The quantitative estimate of drug-likeness (QED) is 0.0695. The second-order valence-electron chi connectivity index (χ2n) is 11.1. The van der Waals surface area contributed by atoms with Crippen LogP contribution < -0.4 is 17.0 Å². The van der Waals surface area contributed by atoms with Crippen LogP contribution in [0.15, 0.2) is 21.9 Å². The van der Waals surface area contributed by atoms with E-state index in [2.05, 4.69) is 9.47 Å². The number of ether oxygens (including phenoxy) is 6. The number of nitrogens with zero attached hydrogens (tertiary/aromatic N) is 2. The Hall–Kier alpha value is -3.43. The van der Waals surface area contributed by atoms with Gasteiger partial charge in [-0.25, -0.2) is 37.0 Å². The SMILES string of the molecule is CC(C)OC(=O)OCOP(=O)(OCOC(=O)OC(C)C)OC[C@@](CF)(O[C@H](CO)n1ccc(=O)n(COC(=O)C(N)C(C)C)c1=O)[C@H](C)O. The summed E-state index contributed by atoms with van der Waals surface area (Å²) in [5.41, 5.74) is 1.07. The van der Waals surface area contributed by atoms with E-state index >= 15 is 0 Å². The minimum atomic E-state index is -4.99. The van der Waals surface area contributed by atoms with Crippen molar-refractivity contribution in [3.05, 3.63) is 33.1 Å². The number of rotatable bonds is 21. The third kappa shape index (κ3) is 14.1. The molecule has 0 saturated heterocycles. The Bertz CT molecular complexity index is 1350. The first-order valence-corrected chi connectivity index (χ1v) is 16.2. The van der Waals surface area contributed by atoms with Crippen molar-refractivity contribution in [2.24, 2.45) is 11.7 Å². The molecule has 0 aromatic carbocycles. The molecule has 0 bridgehead atoms. The summed E-state index contributed by atoms with van der Waals surface area (Å²) in [5.74, 6) is -1.23. The molecule has 0 fully saturated rings. The average Bonchev–Trinajstić information content (AvgIpc) is 3.00. The summed E-state index contributed by atoms with van der Waals surface area (Å²) in [6.45, 7) is 3.41. The molecule has 22 heteroatoms. The van der Waals surface area contributed by atoms with Crippen molar-refractivity contribution in [1.29, 1.82) is 0 Å². The van der Waals surface area contributed by atoms with Gasteiger partial charge in [-0.05, 0) is 40.5 Å². The van der Waals surface area contributed by atoms with E-state index in [1.165, 1.54) is 27.7 Å². The molecule has 4 N–H and O–H groups in total. The Kier molecular flexibility index (Phi) is 18.1. The molecule has 0 radical (unpaired) electrons. The van der Waals surface area contributed by atoms with Crippen molar-refractivity contribution in [3.8, 4) is 0 Å². The number of hydrogen-bond donors (Lipinski definition) is 3. The number of halogens is 1. The first-order valence-electron chi connectivity index (χ1n) is 14.8. The number of esters is 1. The van der Waals surface area contributed by atoms with Gasteiger partial charge in [-0.3, -0.25) is 18.7 Å². The molecule has 0 spiro atoms. The van der Waals surface area contributed by atoms with Crippen molar-refractivity contribution >= 4 is 26.1 Å². The Morgan fingerprint density at radius 3 is 1.90 bits per heavy atom. The molecule has 0 saturated carbocycles. The standard InChI is InChI=1S/C27H45FN3O17P/c1-16(2)22(29)23(35)40-13-31-20(34)8-9-30(24(31)36)21(10-32)48-27(11-28,19(7)33)12-43-49(39,44-14-41-25(37)46-17(3)4)45-15-42-26(38)47-18(5)6/h8-9,16-19,21-22,32-33H,10-15,29H2,1-7H3/t19-,21+,22?,27+/m0/s1. The zero-order chi connectivity index (χ0) is 37.5. The summed E-state index contributed by atoms with van der Waals surface area (Å²) < 4.78 is 73.5. The van der Waals surface area contributed by atoms with Crippen LogP contribution in [0.4, 0.5) is 14.0 Å². The van der Waals surface area contributed by atoms with Crippen LogP contribution in [0.1, 0.15) is 54.7 Å². The Morgan fingerprint density at radius 1 is 0.939 bits per heavy atom. The molecule has 1 aromatic rings. The number of alkyl halides is 1. The van der Waals surface area contributed by atoms with Crippen LogP contribution in [0.2, 0.25) is 0 Å². The second-order valence-corrected chi connectivity index (χ2v) is 12.8. The number of aliphatic hydroxyl groups excluding tert-OH is 2. The molecule has 1 aromatic heterocycles. The highest BCUT2D eigenvalue weighted by Crippen LogP contribution is 2.50. The van der Waals surface area contributed by atoms with Crippen LogP contribution >= 0.6 is 7.82 Å². The normalized spacial score (nSPS) is 15.0. The molecular formula is C27H45FN3O17P. The van der Waals surface area contributed by atoms with Crippen molar-refractivity contribution in [3.63, 3.8) is 0 Å².